The SMILES string of the molecule is c1ccc(-c2cc(-c3ccccc3)c3ccc4c(-c5ccc(-c6cc(-c7ccccc7)c7ccc8c(-c9ccccc9)cc(-c9ccccc9)c9ccc6c7c89)cc5)cc(-c5ccccc5)c5ccc2c3c54)cc1. The first kappa shape index (κ1) is 42.1. The Morgan fingerprint density at radius 2 is 0.257 bits per heavy atom. The standard InChI is InChI=1S/C74H46/c1-7-19-47(20-8-1)63-43-65(49-23-11-3-12-24-49)57-39-41-61-69(45-67(51-27-15-5-16-28-51)59-37-35-55(63)71(57)73(59)61)53-31-33-54(34-32-53)70-46-68(52-29-17-6-18-30-52)60-38-36-56-64(48-21-9-2-10-22-48)44-66(50-25-13-4-14-26-50)58-40-42-62(70)74(60)72(56)58/h1-46H. The van der Waals surface area contributed by atoms with E-state index in [1.54, 1.807) is 0 Å². The van der Waals surface area contributed by atoms with Crippen molar-refractivity contribution >= 4 is 64.6 Å². The fourth-order valence-electron chi connectivity index (χ4n) is 12.4. The summed E-state index contributed by atoms with van der Waals surface area (Å²) < 4.78 is 0. The monoisotopic (exact) mass is 934 g/mol. The van der Waals surface area contributed by atoms with Crippen LogP contribution in [0.3, 0.4) is 0 Å². The number of hydrogen-bond donors (Lipinski definition) is 0. The van der Waals surface area contributed by atoms with Crippen LogP contribution >= 0.6 is 0 Å². The summed E-state index contributed by atoms with van der Waals surface area (Å²) >= 11 is 0. The average molecular weight is 935 g/mol. The molecule has 0 amide bonds. The van der Waals surface area contributed by atoms with Crippen molar-refractivity contribution in [1.82, 2.24) is 0 Å². The van der Waals surface area contributed by atoms with Gasteiger partial charge in [-0.1, -0.05) is 255 Å². The Morgan fingerprint density at radius 1 is 0.122 bits per heavy atom. The van der Waals surface area contributed by atoms with E-state index in [-0.39, 0.29) is 0 Å². The molecule has 0 N–H and O–H groups in total. The molecule has 74 heavy (non-hydrogen) atoms. The molecule has 0 atom stereocenters. The van der Waals surface area contributed by atoms with Crippen LogP contribution in [0.2, 0.25) is 0 Å². The van der Waals surface area contributed by atoms with E-state index < -0.39 is 0 Å². The topological polar surface area (TPSA) is 0 Å². The van der Waals surface area contributed by atoms with E-state index in [4.69, 9.17) is 0 Å². The molecule has 0 aliphatic carbocycles. The van der Waals surface area contributed by atoms with Crippen molar-refractivity contribution in [2.45, 2.75) is 0 Å². The molecule has 15 aromatic carbocycles. The summed E-state index contributed by atoms with van der Waals surface area (Å²) in [6, 6.07) is 104. The Labute approximate surface area is 430 Å². The molecule has 15 aromatic rings. The van der Waals surface area contributed by atoms with E-state index in [0.717, 1.165) is 0 Å². The van der Waals surface area contributed by atoms with Crippen molar-refractivity contribution in [3.05, 3.63) is 279 Å². The lowest BCUT2D eigenvalue weighted by molar-refractivity contribution is 1.61. The quantitative estimate of drug-likeness (QED) is 0.133. The highest BCUT2D eigenvalue weighted by atomic mass is 14.3. The van der Waals surface area contributed by atoms with Gasteiger partial charge in [-0.2, -0.15) is 0 Å². The van der Waals surface area contributed by atoms with Gasteiger partial charge in [-0.15, -0.1) is 0 Å². The van der Waals surface area contributed by atoms with Gasteiger partial charge >= 0.3 is 0 Å². The number of rotatable bonds is 8. The maximum atomic E-state index is 2.45. The summed E-state index contributed by atoms with van der Waals surface area (Å²) in [6.45, 7) is 0. The Morgan fingerprint density at radius 3 is 0.405 bits per heavy atom. The van der Waals surface area contributed by atoms with Crippen molar-refractivity contribution < 1.29 is 0 Å². The van der Waals surface area contributed by atoms with Crippen LogP contribution in [0.5, 0.6) is 0 Å². The van der Waals surface area contributed by atoms with Gasteiger partial charge in [0.25, 0.3) is 0 Å². The normalized spacial score (nSPS) is 11.8. The lowest BCUT2D eigenvalue weighted by atomic mass is 9.81. The summed E-state index contributed by atoms with van der Waals surface area (Å²) in [4.78, 5) is 0. The molecular formula is C74H46. The molecule has 0 bridgehead atoms. The molecule has 0 spiro atoms. The third-order valence-corrected chi connectivity index (χ3v) is 15.8. The lowest BCUT2D eigenvalue weighted by Crippen LogP contribution is -1.95. The van der Waals surface area contributed by atoms with Crippen LogP contribution in [0.15, 0.2) is 279 Å². The lowest BCUT2D eigenvalue weighted by Gasteiger charge is -2.22. The van der Waals surface area contributed by atoms with Crippen molar-refractivity contribution in [3.8, 4) is 89.0 Å². The molecule has 0 heteroatoms. The molecule has 0 saturated carbocycles. The van der Waals surface area contributed by atoms with Gasteiger partial charge in [0.15, 0.2) is 0 Å². The molecule has 0 radical (unpaired) electrons. The van der Waals surface area contributed by atoms with Crippen LogP contribution in [-0.4, -0.2) is 0 Å². The van der Waals surface area contributed by atoms with Gasteiger partial charge in [0.2, 0.25) is 0 Å². The molecule has 0 aliphatic rings. The van der Waals surface area contributed by atoms with E-state index in [9.17, 15) is 0 Å². The van der Waals surface area contributed by atoms with Crippen molar-refractivity contribution in [1.29, 1.82) is 0 Å². The van der Waals surface area contributed by atoms with Gasteiger partial charge in [-0.25, -0.2) is 0 Å². The second-order valence-electron chi connectivity index (χ2n) is 19.8. The van der Waals surface area contributed by atoms with Crippen molar-refractivity contribution in [3.63, 3.8) is 0 Å². The molecule has 0 heterocycles. The number of hydrogen-bond acceptors (Lipinski definition) is 0. The van der Waals surface area contributed by atoms with Crippen molar-refractivity contribution in [2.75, 3.05) is 0 Å². The van der Waals surface area contributed by atoms with Gasteiger partial charge in [0.05, 0.1) is 0 Å². The van der Waals surface area contributed by atoms with E-state index in [1.165, 1.54) is 154 Å². The highest BCUT2D eigenvalue weighted by Crippen LogP contribution is 2.51. The zero-order valence-corrected chi connectivity index (χ0v) is 40.6. The second kappa shape index (κ2) is 17.0. The van der Waals surface area contributed by atoms with E-state index in [1.807, 2.05) is 0 Å². The fraction of sp³-hybridized carbons (Fsp3) is 0. The summed E-state index contributed by atoms with van der Waals surface area (Å²) in [7, 11) is 0. The molecule has 0 fully saturated rings. The van der Waals surface area contributed by atoms with Crippen LogP contribution in [0.25, 0.3) is 154 Å². The summed E-state index contributed by atoms with van der Waals surface area (Å²) in [5, 5.41) is 15.3. The molecule has 0 aliphatic heterocycles. The van der Waals surface area contributed by atoms with Crippen LogP contribution in [0.4, 0.5) is 0 Å². The third-order valence-electron chi connectivity index (χ3n) is 15.8. The van der Waals surface area contributed by atoms with E-state index >= 15 is 0 Å². The smallest absolute Gasteiger partial charge is 0.00139 e. The van der Waals surface area contributed by atoms with Gasteiger partial charge in [-0.05, 0) is 178 Å². The predicted molar refractivity (Wildman–Crippen MR) is 317 cm³/mol. The Bertz CT molecular complexity index is 4150. The van der Waals surface area contributed by atoms with Crippen LogP contribution < -0.4 is 0 Å². The summed E-state index contributed by atoms with van der Waals surface area (Å²) in [5.41, 5.74) is 19.6. The molecule has 342 valence electrons. The average Bonchev–Trinajstić information content (AvgIpc) is 3.50. The zero-order valence-electron chi connectivity index (χ0n) is 40.6. The molecule has 0 saturated heterocycles. The second-order valence-corrected chi connectivity index (χ2v) is 19.8. The minimum absolute atomic E-state index is 1.19. The summed E-state index contributed by atoms with van der Waals surface area (Å²) in [5.74, 6) is 0. The van der Waals surface area contributed by atoms with Crippen LogP contribution in [0.1, 0.15) is 0 Å². The fourth-order valence-corrected chi connectivity index (χ4v) is 12.4. The number of benzene rings is 15. The zero-order chi connectivity index (χ0) is 48.7. The van der Waals surface area contributed by atoms with Crippen LogP contribution in [-0.2, 0) is 0 Å². The molecular weight excluding hydrogens is 889 g/mol. The van der Waals surface area contributed by atoms with Crippen LogP contribution in [0, 0.1) is 0 Å². The Balaban J connectivity index is 0.981. The molecule has 0 aromatic heterocycles. The molecule has 0 nitrogen and oxygen atoms in total. The van der Waals surface area contributed by atoms with E-state index in [0.29, 0.717) is 0 Å². The first-order chi connectivity index (χ1) is 36.7. The Kier molecular flexibility index (Phi) is 9.68. The minimum atomic E-state index is 1.19. The maximum Gasteiger partial charge on any atom is -0.00139 e. The third kappa shape index (κ3) is 6.62. The van der Waals surface area contributed by atoms with Gasteiger partial charge in [0.1, 0.15) is 0 Å². The van der Waals surface area contributed by atoms with E-state index in [2.05, 4.69) is 279 Å². The van der Waals surface area contributed by atoms with Gasteiger partial charge < -0.3 is 0 Å². The van der Waals surface area contributed by atoms with Gasteiger partial charge in [0, 0.05) is 0 Å². The molecule has 0 unspecified atom stereocenters. The van der Waals surface area contributed by atoms with Crippen molar-refractivity contribution in [2.24, 2.45) is 0 Å². The Hall–Kier alpha value is -9.62. The highest BCUT2D eigenvalue weighted by molar-refractivity contribution is 6.33. The summed E-state index contributed by atoms with van der Waals surface area (Å²) in [6.07, 6.45) is 0. The van der Waals surface area contributed by atoms with Gasteiger partial charge in [-0.3, -0.25) is 0 Å². The molecule has 15 rings (SSSR count). The maximum absolute atomic E-state index is 2.45. The largest absolute Gasteiger partial charge is 0.0622 e. The highest BCUT2D eigenvalue weighted by Gasteiger charge is 2.23. The first-order valence-electron chi connectivity index (χ1n) is 25.7. The minimum Gasteiger partial charge on any atom is -0.0622 e. The first-order valence-corrected chi connectivity index (χ1v) is 25.7. The predicted octanol–water partition coefficient (Wildman–Crippen LogP) is 20.8.